The second kappa shape index (κ2) is 4.50. The van der Waals surface area contributed by atoms with E-state index in [-0.39, 0.29) is 0 Å². The Hall–Kier alpha value is -0.960. The molecule has 84 valence electrons. The maximum absolute atomic E-state index is 9.34. The van der Waals surface area contributed by atoms with Gasteiger partial charge in [-0.25, -0.2) is 0 Å². The Morgan fingerprint density at radius 3 is 2.44 bits per heavy atom. The van der Waals surface area contributed by atoms with Crippen molar-refractivity contribution in [2.24, 2.45) is 0 Å². The highest BCUT2D eigenvalue weighted by Gasteiger charge is 2.09. The van der Waals surface area contributed by atoms with Crippen molar-refractivity contribution in [3.63, 3.8) is 0 Å². The minimum absolute atomic E-state index is 0.481. The van der Waals surface area contributed by atoms with Gasteiger partial charge in [-0.05, 0) is 37.3 Å². The minimum atomic E-state index is -0.614. The van der Waals surface area contributed by atoms with Crippen molar-refractivity contribution in [3.8, 4) is 11.3 Å². The van der Waals surface area contributed by atoms with Gasteiger partial charge in [-0.2, -0.15) is 0 Å². The molecule has 1 atom stereocenters. The fourth-order valence-electron chi connectivity index (χ4n) is 1.38. The molecule has 0 aliphatic heterocycles. The van der Waals surface area contributed by atoms with E-state index in [1.54, 1.807) is 31.2 Å². The predicted molar refractivity (Wildman–Crippen MR) is 64.8 cm³/mol. The van der Waals surface area contributed by atoms with Crippen LogP contribution >= 0.6 is 23.2 Å². The fourth-order valence-corrected chi connectivity index (χ4v) is 1.68. The summed E-state index contributed by atoms with van der Waals surface area (Å²) in [4.78, 5) is 0. The average molecular weight is 257 g/mol. The summed E-state index contributed by atoms with van der Waals surface area (Å²) in [5.41, 5.74) is 0.835. The van der Waals surface area contributed by atoms with E-state index >= 15 is 0 Å². The monoisotopic (exact) mass is 256 g/mol. The first kappa shape index (κ1) is 11.5. The van der Waals surface area contributed by atoms with Gasteiger partial charge in [0.2, 0.25) is 0 Å². The quantitative estimate of drug-likeness (QED) is 0.869. The molecule has 2 rings (SSSR count). The zero-order valence-electron chi connectivity index (χ0n) is 8.58. The summed E-state index contributed by atoms with van der Waals surface area (Å²) in [5.74, 6) is 1.19. The Bertz CT molecular complexity index is 503. The summed E-state index contributed by atoms with van der Waals surface area (Å²) in [6.45, 7) is 1.65. The smallest absolute Gasteiger partial charge is 0.134 e. The second-order valence-electron chi connectivity index (χ2n) is 3.51. The van der Waals surface area contributed by atoms with Crippen molar-refractivity contribution in [2.45, 2.75) is 13.0 Å². The van der Waals surface area contributed by atoms with Gasteiger partial charge in [-0.3, -0.25) is 0 Å². The van der Waals surface area contributed by atoms with Gasteiger partial charge < -0.3 is 9.52 Å². The summed E-state index contributed by atoms with van der Waals surface area (Å²) >= 11 is 11.7. The van der Waals surface area contributed by atoms with Crippen LogP contribution in [0.1, 0.15) is 18.8 Å². The van der Waals surface area contributed by atoms with Crippen LogP contribution in [0.5, 0.6) is 0 Å². The van der Waals surface area contributed by atoms with E-state index in [1.807, 2.05) is 6.07 Å². The highest BCUT2D eigenvalue weighted by atomic mass is 35.5. The van der Waals surface area contributed by atoms with Crippen LogP contribution in [-0.4, -0.2) is 5.11 Å². The molecular weight excluding hydrogens is 247 g/mol. The summed E-state index contributed by atoms with van der Waals surface area (Å²) in [5, 5.41) is 10.3. The van der Waals surface area contributed by atoms with Crippen LogP contribution in [0, 0.1) is 0 Å². The van der Waals surface area contributed by atoms with Gasteiger partial charge in [0.15, 0.2) is 0 Å². The fraction of sp³-hybridized carbons (Fsp3) is 0.167. The van der Waals surface area contributed by atoms with E-state index in [4.69, 9.17) is 27.6 Å². The van der Waals surface area contributed by atoms with Gasteiger partial charge in [-0.15, -0.1) is 0 Å². The Labute approximate surface area is 103 Å². The highest BCUT2D eigenvalue weighted by molar-refractivity contribution is 6.42. The first-order valence-corrected chi connectivity index (χ1v) is 5.57. The molecule has 1 unspecified atom stereocenters. The Balaban J connectivity index is 2.39. The number of furan rings is 1. The third-order valence-electron chi connectivity index (χ3n) is 2.24. The molecule has 1 heterocycles. The van der Waals surface area contributed by atoms with E-state index in [0.717, 1.165) is 5.56 Å². The van der Waals surface area contributed by atoms with Crippen LogP contribution in [0.25, 0.3) is 11.3 Å². The number of aliphatic hydroxyl groups excluding tert-OH is 1. The van der Waals surface area contributed by atoms with E-state index in [2.05, 4.69) is 0 Å². The first-order valence-electron chi connectivity index (χ1n) is 4.81. The van der Waals surface area contributed by atoms with E-state index < -0.39 is 6.10 Å². The number of aliphatic hydroxyl groups is 1. The standard InChI is InChI=1S/C12H10Cl2O2/c1-7(15)11-4-5-12(16-11)8-2-3-9(13)10(14)6-8/h2-7,15H,1H3. The topological polar surface area (TPSA) is 33.4 Å². The molecule has 0 saturated heterocycles. The van der Waals surface area contributed by atoms with Crippen molar-refractivity contribution < 1.29 is 9.52 Å². The molecule has 2 aromatic rings. The molecule has 0 amide bonds. The van der Waals surface area contributed by atoms with Crippen molar-refractivity contribution in [1.82, 2.24) is 0 Å². The molecule has 1 aromatic heterocycles. The predicted octanol–water partition coefficient (Wildman–Crippen LogP) is 4.31. The van der Waals surface area contributed by atoms with Gasteiger partial charge in [0.25, 0.3) is 0 Å². The Morgan fingerprint density at radius 2 is 1.88 bits per heavy atom. The third kappa shape index (κ3) is 2.24. The van der Waals surface area contributed by atoms with Crippen molar-refractivity contribution in [3.05, 3.63) is 46.1 Å². The summed E-state index contributed by atoms with van der Waals surface area (Å²) in [6, 6.07) is 8.79. The molecule has 0 fully saturated rings. The average Bonchev–Trinajstić information content (AvgIpc) is 2.71. The lowest BCUT2D eigenvalue weighted by Crippen LogP contribution is -1.85. The SMILES string of the molecule is CC(O)c1ccc(-c2ccc(Cl)c(Cl)c2)o1. The molecule has 4 heteroatoms. The number of benzene rings is 1. The van der Waals surface area contributed by atoms with Crippen LogP contribution in [0.4, 0.5) is 0 Å². The molecule has 16 heavy (non-hydrogen) atoms. The molecule has 0 aliphatic rings. The second-order valence-corrected chi connectivity index (χ2v) is 4.32. The molecule has 0 bridgehead atoms. The molecule has 1 aromatic carbocycles. The zero-order chi connectivity index (χ0) is 11.7. The van der Waals surface area contributed by atoms with Crippen LogP contribution in [-0.2, 0) is 0 Å². The van der Waals surface area contributed by atoms with Crippen LogP contribution in [0.2, 0.25) is 10.0 Å². The summed E-state index contributed by atoms with van der Waals surface area (Å²) in [7, 11) is 0. The maximum Gasteiger partial charge on any atom is 0.134 e. The largest absolute Gasteiger partial charge is 0.458 e. The number of hydrogen-bond donors (Lipinski definition) is 1. The zero-order valence-corrected chi connectivity index (χ0v) is 10.1. The number of rotatable bonds is 2. The molecular formula is C12H10Cl2O2. The minimum Gasteiger partial charge on any atom is -0.458 e. The maximum atomic E-state index is 9.34. The number of hydrogen-bond acceptors (Lipinski definition) is 2. The normalized spacial score (nSPS) is 12.8. The van der Waals surface area contributed by atoms with Gasteiger partial charge in [0.1, 0.15) is 17.6 Å². The molecule has 2 nitrogen and oxygen atoms in total. The van der Waals surface area contributed by atoms with E-state index in [1.165, 1.54) is 0 Å². The first-order chi connectivity index (χ1) is 7.58. The Morgan fingerprint density at radius 1 is 1.12 bits per heavy atom. The van der Waals surface area contributed by atoms with Crippen molar-refractivity contribution >= 4 is 23.2 Å². The lowest BCUT2D eigenvalue weighted by Gasteiger charge is -2.01. The van der Waals surface area contributed by atoms with Crippen LogP contribution in [0.15, 0.2) is 34.7 Å². The summed E-state index contributed by atoms with van der Waals surface area (Å²) < 4.78 is 5.47. The molecule has 1 N–H and O–H groups in total. The lowest BCUT2D eigenvalue weighted by molar-refractivity contribution is 0.170. The van der Waals surface area contributed by atoms with E-state index in [9.17, 15) is 5.11 Å². The van der Waals surface area contributed by atoms with Gasteiger partial charge >= 0.3 is 0 Å². The van der Waals surface area contributed by atoms with Gasteiger partial charge in [0, 0.05) is 5.56 Å². The van der Waals surface area contributed by atoms with Crippen molar-refractivity contribution in [2.75, 3.05) is 0 Å². The highest BCUT2D eigenvalue weighted by Crippen LogP contribution is 2.30. The molecule has 0 spiro atoms. The molecule has 0 aliphatic carbocycles. The molecule has 0 saturated carbocycles. The Kier molecular flexibility index (Phi) is 3.24. The molecule has 0 radical (unpaired) electrons. The van der Waals surface area contributed by atoms with Crippen molar-refractivity contribution in [1.29, 1.82) is 0 Å². The van der Waals surface area contributed by atoms with Gasteiger partial charge in [-0.1, -0.05) is 23.2 Å². The number of halogens is 2. The van der Waals surface area contributed by atoms with Crippen LogP contribution < -0.4 is 0 Å². The van der Waals surface area contributed by atoms with E-state index in [0.29, 0.717) is 21.6 Å². The third-order valence-corrected chi connectivity index (χ3v) is 2.98. The van der Waals surface area contributed by atoms with Gasteiger partial charge in [0.05, 0.1) is 10.0 Å². The lowest BCUT2D eigenvalue weighted by atomic mass is 10.2. The van der Waals surface area contributed by atoms with Crippen LogP contribution in [0.3, 0.4) is 0 Å². The summed E-state index contributed by atoms with van der Waals surface area (Å²) in [6.07, 6.45) is -0.614.